The van der Waals surface area contributed by atoms with Crippen LogP contribution in [0.1, 0.15) is 55.0 Å². The van der Waals surface area contributed by atoms with Crippen molar-refractivity contribution in [3.8, 4) is 0 Å². The Kier molecular flexibility index (Phi) is 4.45. The van der Waals surface area contributed by atoms with Gasteiger partial charge >= 0.3 is 0 Å². The molecule has 0 aliphatic heterocycles. The first kappa shape index (κ1) is 16.8. The van der Waals surface area contributed by atoms with Gasteiger partial charge in [0.1, 0.15) is 6.54 Å². The molecular weight excluding hydrogens is 324 g/mol. The zero-order valence-corrected chi connectivity index (χ0v) is 15.3. The third-order valence-corrected chi connectivity index (χ3v) is 5.10. The summed E-state index contributed by atoms with van der Waals surface area (Å²) in [6, 6.07) is 12.2. The fourth-order valence-electron chi connectivity index (χ4n) is 3.64. The number of benzene rings is 1. The number of rotatable bonds is 6. The summed E-state index contributed by atoms with van der Waals surface area (Å²) < 4.78 is 1.74. The van der Waals surface area contributed by atoms with E-state index in [1.165, 1.54) is 18.4 Å². The standard InChI is InChI=1S/C21H24N4O/c1-3-18(16-7-5-4-6-8-16)23-19(26)13-25-21-20(14(2)24-25)17(11-12-22-21)15-9-10-15/h4-8,11-12,15,18H,3,9-10,13H2,1-2H3,(H,23,26). The van der Waals surface area contributed by atoms with Crippen LogP contribution in [0, 0.1) is 6.92 Å². The average molecular weight is 348 g/mol. The first-order valence-corrected chi connectivity index (χ1v) is 9.33. The van der Waals surface area contributed by atoms with Crippen molar-refractivity contribution >= 4 is 16.9 Å². The van der Waals surface area contributed by atoms with Crippen molar-refractivity contribution in [2.45, 2.75) is 51.6 Å². The molecule has 1 aromatic carbocycles. The zero-order chi connectivity index (χ0) is 18.1. The Balaban J connectivity index is 1.55. The molecule has 1 saturated carbocycles. The number of pyridine rings is 1. The number of amides is 1. The first-order chi connectivity index (χ1) is 12.7. The molecular formula is C21H24N4O. The number of nitrogens with one attached hydrogen (secondary N) is 1. The summed E-state index contributed by atoms with van der Waals surface area (Å²) in [4.78, 5) is 17.1. The minimum atomic E-state index is -0.0382. The average Bonchev–Trinajstić information content (AvgIpc) is 3.46. The largest absolute Gasteiger partial charge is 0.348 e. The van der Waals surface area contributed by atoms with Crippen molar-refractivity contribution in [1.82, 2.24) is 20.1 Å². The lowest BCUT2D eigenvalue weighted by Gasteiger charge is -2.17. The monoisotopic (exact) mass is 348 g/mol. The molecule has 2 heterocycles. The minimum Gasteiger partial charge on any atom is -0.348 e. The third-order valence-electron chi connectivity index (χ3n) is 5.10. The van der Waals surface area contributed by atoms with Gasteiger partial charge in [-0.1, -0.05) is 37.3 Å². The van der Waals surface area contributed by atoms with Crippen molar-refractivity contribution in [3.05, 3.63) is 59.4 Å². The first-order valence-electron chi connectivity index (χ1n) is 9.33. The van der Waals surface area contributed by atoms with E-state index in [-0.39, 0.29) is 18.5 Å². The summed E-state index contributed by atoms with van der Waals surface area (Å²) in [5, 5.41) is 8.85. The number of hydrogen-bond donors (Lipinski definition) is 1. The third kappa shape index (κ3) is 3.21. The molecule has 134 valence electrons. The van der Waals surface area contributed by atoms with Crippen LogP contribution in [0.2, 0.25) is 0 Å². The maximum Gasteiger partial charge on any atom is 0.242 e. The molecule has 3 aromatic rings. The highest BCUT2D eigenvalue weighted by Crippen LogP contribution is 2.43. The van der Waals surface area contributed by atoms with Crippen LogP contribution >= 0.6 is 0 Å². The number of nitrogens with zero attached hydrogens (tertiary/aromatic N) is 3. The van der Waals surface area contributed by atoms with Crippen LogP contribution in [0.15, 0.2) is 42.6 Å². The van der Waals surface area contributed by atoms with Gasteiger partial charge < -0.3 is 5.32 Å². The predicted octanol–water partition coefficient (Wildman–Crippen LogP) is 3.88. The topological polar surface area (TPSA) is 59.8 Å². The van der Waals surface area contributed by atoms with E-state index in [1.807, 2.05) is 43.5 Å². The quantitative estimate of drug-likeness (QED) is 0.735. The van der Waals surface area contributed by atoms with E-state index in [2.05, 4.69) is 28.4 Å². The van der Waals surface area contributed by atoms with E-state index in [1.54, 1.807) is 4.68 Å². The van der Waals surface area contributed by atoms with Gasteiger partial charge in [0.15, 0.2) is 5.65 Å². The maximum atomic E-state index is 12.6. The van der Waals surface area contributed by atoms with Crippen molar-refractivity contribution in [2.24, 2.45) is 0 Å². The highest BCUT2D eigenvalue weighted by Gasteiger charge is 2.27. The second-order valence-electron chi connectivity index (χ2n) is 7.06. The smallest absolute Gasteiger partial charge is 0.242 e. The summed E-state index contributed by atoms with van der Waals surface area (Å²) in [7, 11) is 0. The Morgan fingerprint density at radius 1 is 1.27 bits per heavy atom. The van der Waals surface area contributed by atoms with Crippen molar-refractivity contribution < 1.29 is 4.79 Å². The molecule has 4 rings (SSSR count). The SMILES string of the molecule is CCC(NC(=O)Cn1nc(C)c2c(C3CC3)ccnc21)c1ccccc1. The Morgan fingerprint density at radius 3 is 2.73 bits per heavy atom. The molecule has 0 radical (unpaired) electrons. The zero-order valence-electron chi connectivity index (χ0n) is 15.3. The molecule has 1 fully saturated rings. The number of aryl methyl sites for hydroxylation is 1. The van der Waals surface area contributed by atoms with Gasteiger partial charge in [0.05, 0.1) is 11.7 Å². The lowest BCUT2D eigenvalue weighted by molar-refractivity contribution is -0.122. The van der Waals surface area contributed by atoms with Gasteiger partial charge in [-0.15, -0.1) is 0 Å². The van der Waals surface area contributed by atoms with E-state index in [4.69, 9.17) is 0 Å². The summed E-state index contributed by atoms with van der Waals surface area (Å²) >= 11 is 0. The lowest BCUT2D eigenvalue weighted by atomic mass is 10.0. The molecule has 26 heavy (non-hydrogen) atoms. The van der Waals surface area contributed by atoms with Gasteiger partial charge in [0.25, 0.3) is 0 Å². The van der Waals surface area contributed by atoms with Gasteiger partial charge in [0.2, 0.25) is 5.91 Å². The Bertz CT molecular complexity index is 928. The molecule has 0 spiro atoms. The summed E-state index contributed by atoms with van der Waals surface area (Å²) in [5.41, 5.74) is 4.22. The molecule has 5 heteroatoms. The molecule has 1 atom stereocenters. The Hall–Kier alpha value is -2.69. The van der Waals surface area contributed by atoms with Gasteiger partial charge in [-0.05, 0) is 49.3 Å². The Morgan fingerprint density at radius 2 is 2.04 bits per heavy atom. The second kappa shape index (κ2) is 6.90. The van der Waals surface area contributed by atoms with Crippen molar-refractivity contribution in [3.63, 3.8) is 0 Å². The van der Waals surface area contributed by atoms with Crippen LogP contribution in [-0.4, -0.2) is 20.7 Å². The number of aromatic nitrogens is 3. The fourth-order valence-corrected chi connectivity index (χ4v) is 3.64. The molecule has 2 aromatic heterocycles. The van der Waals surface area contributed by atoms with E-state index in [0.29, 0.717) is 5.92 Å². The molecule has 5 nitrogen and oxygen atoms in total. The Labute approximate surface area is 153 Å². The number of fused-ring (bicyclic) bond motifs is 1. The van der Waals surface area contributed by atoms with E-state index >= 15 is 0 Å². The van der Waals surface area contributed by atoms with Crippen molar-refractivity contribution in [1.29, 1.82) is 0 Å². The molecule has 0 saturated heterocycles. The van der Waals surface area contributed by atoms with Crippen LogP contribution in [0.3, 0.4) is 0 Å². The summed E-state index contributed by atoms with van der Waals surface area (Å²) in [6.07, 6.45) is 5.15. The fraction of sp³-hybridized carbons (Fsp3) is 0.381. The van der Waals surface area contributed by atoms with E-state index < -0.39 is 0 Å². The lowest BCUT2D eigenvalue weighted by Crippen LogP contribution is -2.31. The number of hydrogen-bond acceptors (Lipinski definition) is 3. The number of carbonyl (C=O) groups is 1. The van der Waals surface area contributed by atoms with Gasteiger partial charge in [-0.25, -0.2) is 9.67 Å². The van der Waals surface area contributed by atoms with Gasteiger partial charge in [0, 0.05) is 11.6 Å². The number of carbonyl (C=O) groups excluding carboxylic acids is 1. The van der Waals surface area contributed by atoms with Gasteiger partial charge in [-0.2, -0.15) is 5.10 Å². The van der Waals surface area contributed by atoms with E-state index in [9.17, 15) is 4.79 Å². The normalized spacial score (nSPS) is 15.2. The van der Waals surface area contributed by atoms with E-state index in [0.717, 1.165) is 28.7 Å². The van der Waals surface area contributed by atoms with Crippen LogP contribution < -0.4 is 5.32 Å². The molecule has 1 aliphatic carbocycles. The van der Waals surface area contributed by atoms with Crippen LogP contribution in [0.4, 0.5) is 0 Å². The van der Waals surface area contributed by atoms with Crippen LogP contribution in [0.5, 0.6) is 0 Å². The highest BCUT2D eigenvalue weighted by molar-refractivity contribution is 5.85. The molecule has 1 aliphatic rings. The molecule has 1 unspecified atom stereocenters. The van der Waals surface area contributed by atoms with Gasteiger partial charge in [-0.3, -0.25) is 4.79 Å². The highest BCUT2D eigenvalue weighted by atomic mass is 16.2. The molecule has 1 N–H and O–H groups in total. The van der Waals surface area contributed by atoms with Crippen LogP contribution in [-0.2, 0) is 11.3 Å². The maximum absolute atomic E-state index is 12.6. The van der Waals surface area contributed by atoms with Crippen molar-refractivity contribution in [2.75, 3.05) is 0 Å². The summed E-state index contributed by atoms with van der Waals surface area (Å²) in [5.74, 6) is 0.594. The second-order valence-corrected chi connectivity index (χ2v) is 7.06. The predicted molar refractivity (Wildman–Crippen MR) is 102 cm³/mol. The molecule has 1 amide bonds. The minimum absolute atomic E-state index is 0.0154. The van der Waals surface area contributed by atoms with Crippen LogP contribution in [0.25, 0.3) is 11.0 Å². The molecule has 0 bridgehead atoms. The summed E-state index contributed by atoms with van der Waals surface area (Å²) in [6.45, 7) is 4.27.